The number of nitrogens with zero attached hydrogens (tertiary/aromatic N) is 2. The van der Waals surface area contributed by atoms with Gasteiger partial charge in [0.1, 0.15) is 0 Å². The van der Waals surface area contributed by atoms with Gasteiger partial charge in [-0.25, -0.2) is 18.1 Å². The highest BCUT2D eigenvalue weighted by Gasteiger charge is 2.15. The van der Waals surface area contributed by atoms with Crippen molar-refractivity contribution in [3.63, 3.8) is 0 Å². The first-order valence-electron chi connectivity index (χ1n) is 7.85. The minimum absolute atomic E-state index is 0.0506. The van der Waals surface area contributed by atoms with Crippen LogP contribution >= 0.6 is 0 Å². The molecule has 0 saturated heterocycles. The van der Waals surface area contributed by atoms with E-state index in [2.05, 4.69) is 15.0 Å². The highest BCUT2D eigenvalue weighted by atomic mass is 32.2. The summed E-state index contributed by atoms with van der Waals surface area (Å²) in [6, 6.07) is 5.94. The van der Waals surface area contributed by atoms with Crippen LogP contribution in [0.15, 0.2) is 47.9 Å². The fourth-order valence-corrected chi connectivity index (χ4v) is 3.21. The molecule has 2 rings (SSSR count). The molecule has 0 spiro atoms. The SMILES string of the molecule is COCCNS(=O)(=O)c1cccc(C(=O)NCCCn2ccnc2)c1. The van der Waals surface area contributed by atoms with Gasteiger partial charge in [0.25, 0.3) is 5.91 Å². The molecule has 9 heteroatoms. The number of hydrogen-bond acceptors (Lipinski definition) is 5. The Morgan fingerprint density at radius 1 is 1.32 bits per heavy atom. The van der Waals surface area contributed by atoms with Crippen LogP contribution in [0, 0.1) is 0 Å². The van der Waals surface area contributed by atoms with E-state index in [0.29, 0.717) is 12.1 Å². The molecule has 0 atom stereocenters. The molecular formula is C16H22N4O4S. The maximum absolute atomic E-state index is 12.2. The van der Waals surface area contributed by atoms with Crippen LogP contribution in [-0.4, -0.2) is 50.7 Å². The Morgan fingerprint density at radius 3 is 2.88 bits per heavy atom. The second-order valence-corrected chi connectivity index (χ2v) is 7.10. The smallest absolute Gasteiger partial charge is 0.251 e. The first kappa shape index (κ1) is 19.1. The van der Waals surface area contributed by atoms with E-state index in [1.54, 1.807) is 24.7 Å². The van der Waals surface area contributed by atoms with Gasteiger partial charge in [0.05, 0.1) is 17.8 Å². The molecule has 0 radical (unpaired) electrons. The first-order valence-corrected chi connectivity index (χ1v) is 9.34. The van der Waals surface area contributed by atoms with Crippen molar-refractivity contribution in [2.75, 3.05) is 26.8 Å². The molecule has 2 N–H and O–H groups in total. The van der Waals surface area contributed by atoms with Crippen molar-refractivity contribution in [1.82, 2.24) is 19.6 Å². The fraction of sp³-hybridized carbons (Fsp3) is 0.375. The Kier molecular flexibility index (Phi) is 7.11. The van der Waals surface area contributed by atoms with Crippen LogP contribution in [0.4, 0.5) is 0 Å². The van der Waals surface area contributed by atoms with Crippen molar-refractivity contribution in [2.24, 2.45) is 0 Å². The van der Waals surface area contributed by atoms with Crippen molar-refractivity contribution >= 4 is 15.9 Å². The quantitative estimate of drug-likeness (QED) is 0.601. The molecule has 1 aromatic carbocycles. The van der Waals surface area contributed by atoms with Gasteiger partial charge in [0.2, 0.25) is 10.0 Å². The number of amides is 1. The Bertz CT molecular complexity index is 775. The van der Waals surface area contributed by atoms with Gasteiger partial charge in [-0.2, -0.15) is 0 Å². The van der Waals surface area contributed by atoms with Gasteiger partial charge in [0.15, 0.2) is 0 Å². The number of aryl methyl sites for hydroxylation is 1. The average molecular weight is 366 g/mol. The summed E-state index contributed by atoms with van der Waals surface area (Å²) < 4.78 is 33.5. The van der Waals surface area contributed by atoms with Crippen LogP contribution in [0.25, 0.3) is 0 Å². The molecule has 0 aliphatic heterocycles. The van der Waals surface area contributed by atoms with Crippen LogP contribution < -0.4 is 10.0 Å². The summed E-state index contributed by atoms with van der Waals surface area (Å²) in [5, 5.41) is 2.78. The van der Waals surface area contributed by atoms with Gasteiger partial charge in [-0.1, -0.05) is 6.07 Å². The number of methoxy groups -OCH3 is 1. The lowest BCUT2D eigenvalue weighted by Crippen LogP contribution is -2.28. The molecule has 1 aromatic heterocycles. The lowest BCUT2D eigenvalue weighted by molar-refractivity contribution is 0.0952. The van der Waals surface area contributed by atoms with E-state index in [1.165, 1.54) is 19.2 Å². The highest BCUT2D eigenvalue weighted by molar-refractivity contribution is 7.89. The van der Waals surface area contributed by atoms with Crippen molar-refractivity contribution < 1.29 is 17.9 Å². The normalized spacial score (nSPS) is 11.4. The molecule has 0 saturated carbocycles. The van der Waals surface area contributed by atoms with E-state index in [0.717, 1.165) is 13.0 Å². The minimum atomic E-state index is -3.66. The Labute approximate surface area is 147 Å². The van der Waals surface area contributed by atoms with E-state index in [9.17, 15) is 13.2 Å². The second kappa shape index (κ2) is 9.30. The van der Waals surface area contributed by atoms with Crippen LogP contribution in [0.1, 0.15) is 16.8 Å². The van der Waals surface area contributed by atoms with Crippen LogP contribution in [0.5, 0.6) is 0 Å². The molecule has 0 aliphatic rings. The van der Waals surface area contributed by atoms with Gasteiger partial charge in [0, 0.05) is 44.7 Å². The summed E-state index contributed by atoms with van der Waals surface area (Å²) in [5.41, 5.74) is 0.303. The lowest BCUT2D eigenvalue weighted by Gasteiger charge is -2.09. The number of benzene rings is 1. The third kappa shape index (κ3) is 5.96. The zero-order chi connectivity index (χ0) is 18.1. The van der Waals surface area contributed by atoms with Crippen molar-refractivity contribution in [1.29, 1.82) is 0 Å². The van der Waals surface area contributed by atoms with Crippen molar-refractivity contribution in [2.45, 2.75) is 17.9 Å². The van der Waals surface area contributed by atoms with Gasteiger partial charge >= 0.3 is 0 Å². The van der Waals surface area contributed by atoms with E-state index < -0.39 is 10.0 Å². The standard InChI is InChI=1S/C16H22N4O4S/c1-24-11-8-19-25(22,23)15-5-2-4-14(12-15)16(21)18-6-3-9-20-10-7-17-13-20/h2,4-5,7,10,12-13,19H,3,6,8-9,11H2,1H3,(H,18,21). The van der Waals surface area contributed by atoms with E-state index >= 15 is 0 Å². The Balaban J connectivity index is 1.89. The zero-order valence-electron chi connectivity index (χ0n) is 14.0. The second-order valence-electron chi connectivity index (χ2n) is 5.33. The van der Waals surface area contributed by atoms with Gasteiger partial charge in [-0.05, 0) is 24.6 Å². The summed E-state index contributed by atoms with van der Waals surface area (Å²) in [5.74, 6) is -0.306. The predicted molar refractivity (Wildman–Crippen MR) is 92.7 cm³/mol. The van der Waals surface area contributed by atoms with Crippen molar-refractivity contribution in [3.8, 4) is 0 Å². The van der Waals surface area contributed by atoms with E-state index in [1.807, 2.05) is 10.8 Å². The largest absolute Gasteiger partial charge is 0.383 e. The molecule has 1 amide bonds. The number of aromatic nitrogens is 2. The summed E-state index contributed by atoms with van der Waals surface area (Å²) >= 11 is 0. The number of nitrogens with one attached hydrogen (secondary N) is 2. The Morgan fingerprint density at radius 2 is 2.16 bits per heavy atom. The highest BCUT2D eigenvalue weighted by Crippen LogP contribution is 2.11. The number of imidazole rings is 1. The summed E-state index contributed by atoms with van der Waals surface area (Å²) in [7, 11) is -2.17. The van der Waals surface area contributed by atoms with Crippen molar-refractivity contribution in [3.05, 3.63) is 48.5 Å². The maximum Gasteiger partial charge on any atom is 0.251 e. The summed E-state index contributed by atoms with van der Waals surface area (Å²) in [6.07, 6.45) is 6.02. The molecule has 25 heavy (non-hydrogen) atoms. The van der Waals surface area contributed by atoms with Crippen LogP contribution in [-0.2, 0) is 21.3 Å². The molecule has 2 aromatic rings. The number of carbonyl (C=O) groups is 1. The van der Waals surface area contributed by atoms with Crippen LogP contribution in [0.2, 0.25) is 0 Å². The number of carbonyl (C=O) groups excluding carboxylic acids is 1. The molecule has 0 bridgehead atoms. The molecule has 8 nitrogen and oxygen atoms in total. The van der Waals surface area contributed by atoms with Gasteiger partial charge in [-0.15, -0.1) is 0 Å². The third-order valence-electron chi connectivity index (χ3n) is 3.44. The lowest BCUT2D eigenvalue weighted by atomic mass is 10.2. The van der Waals surface area contributed by atoms with Crippen LogP contribution in [0.3, 0.4) is 0 Å². The Hall–Kier alpha value is -2.23. The number of hydrogen-bond donors (Lipinski definition) is 2. The minimum Gasteiger partial charge on any atom is -0.383 e. The summed E-state index contributed by atoms with van der Waals surface area (Å²) in [4.78, 5) is 16.2. The molecule has 136 valence electrons. The monoisotopic (exact) mass is 366 g/mol. The molecule has 0 fully saturated rings. The predicted octanol–water partition coefficient (Wildman–Crippen LogP) is 0.628. The topological polar surface area (TPSA) is 102 Å². The third-order valence-corrected chi connectivity index (χ3v) is 4.90. The van der Waals surface area contributed by atoms with E-state index in [4.69, 9.17) is 4.74 Å². The number of sulfonamides is 1. The number of ether oxygens (including phenoxy) is 1. The average Bonchev–Trinajstić information content (AvgIpc) is 3.12. The maximum atomic E-state index is 12.2. The molecular weight excluding hydrogens is 344 g/mol. The molecule has 0 unspecified atom stereocenters. The van der Waals surface area contributed by atoms with Gasteiger partial charge in [-0.3, -0.25) is 4.79 Å². The summed E-state index contributed by atoms with van der Waals surface area (Å²) in [6.45, 7) is 1.68. The molecule has 1 heterocycles. The molecule has 0 aliphatic carbocycles. The van der Waals surface area contributed by atoms with E-state index in [-0.39, 0.29) is 24.0 Å². The van der Waals surface area contributed by atoms with Gasteiger partial charge < -0.3 is 14.6 Å². The first-order chi connectivity index (χ1) is 12.0. The number of rotatable bonds is 10. The fourth-order valence-electron chi connectivity index (χ4n) is 2.15. The zero-order valence-corrected chi connectivity index (χ0v) is 14.8.